The average Bonchev–Trinajstić information content (AvgIpc) is 3.39. The molecule has 0 unspecified atom stereocenters. The van der Waals surface area contributed by atoms with Gasteiger partial charge in [-0.3, -0.25) is 9.78 Å². The second-order valence-electron chi connectivity index (χ2n) is 8.31. The van der Waals surface area contributed by atoms with Gasteiger partial charge in [0, 0.05) is 66.7 Å². The molecule has 1 fully saturated rings. The van der Waals surface area contributed by atoms with Gasteiger partial charge < -0.3 is 14.4 Å². The summed E-state index contributed by atoms with van der Waals surface area (Å²) < 4.78 is 11.1. The van der Waals surface area contributed by atoms with E-state index in [1.165, 1.54) is 6.33 Å². The molecule has 35 heavy (non-hydrogen) atoms. The van der Waals surface area contributed by atoms with Crippen LogP contribution in [0.1, 0.15) is 34.2 Å². The molecular weight excluding hydrogens is 444 g/mol. The summed E-state index contributed by atoms with van der Waals surface area (Å²) in [6.45, 7) is 3.06. The highest BCUT2D eigenvalue weighted by Crippen LogP contribution is 2.29. The zero-order chi connectivity index (χ0) is 24.2. The molecule has 4 aromatic rings. The molecule has 3 aromatic heterocycles. The van der Waals surface area contributed by atoms with Crippen molar-refractivity contribution in [1.29, 1.82) is 0 Å². The summed E-state index contributed by atoms with van der Waals surface area (Å²) >= 11 is 0. The minimum absolute atomic E-state index is 0.0238. The Kier molecular flexibility index (Phi) is 6.30. The fourth-order valence-electron chi connectivity index (χ4n) is 4.06. The molecular formula is C26H24N6O3. The normalized spacial score (nSPS) is 15.1. The number of amides is 1. The number of aryl methyl sites for hydroxylation is 1. The van der Waals surface area contributed by atoms with Gasteiger partial charge in [-0.15, -0.1) is 0 Å². The highest BCUT2D eigenvalue weighted by atomic mass is 16.5. The Morgan fingerprint density at radius 2 is 1.69 bits per heavy atom. The van der Waals surface area contributed by atoms with Gasteiger partial charge in [-0.25, -0.2) is 15.0 Å². The van der Waals surface area contributed by atoms with Crippen LogP contribution in [0.4, 0.5) is 0 Å². The van der Waals surface area contributed by atoms with Gasteiger partial charge in [-0.2, -0.15) is 4.98 Å². The molecule has 1 saturated heterocycles. The summed E-state index contributed by atoms with van der Waals surface area (Å²) in [7, 11) is 1.62. The molecule has 9 heteroatoms. The van der Waals surface area contributed by atoms with E-state index in [9.17, 15) is 4.79 Å². The van der Waals surface area contributed by atoms with Gasteiger partial charge >= 0.3 is 0 Å². The lowest BCUT2D eigenvalue weighted by molar-refractivity contribution is 0.0790. The number of benzene rings is 1. The Morgan fingerprint density at radius 3 is 2.46 bits per heavy atom. The van der Waals surface area contributed by atoms with Crippen molar-refractivity contribution in [2.24, 2.45) is 0 Å². The van der Waals surface area contributed by atoms with Gasteiger partial charge in [-0.05, 0) is 43.7 Å². The molecule has 176 valence electrons. The molecule has 0 saturated carbocycles. The Bertz CT molecular complexity index is 1330. The largest absolute Gasteiger partial charge is 0.497 e. The molecule has 1 amide bonds. The van der Waals surface area contributed by atoms with Crippen LogP contribution in [-0.4, -0.2) is 55.9 Å². The van der Waals surface area contributed by atoms with Gasteiger partial charge in [0.25, 0.3) is 5.91 Å². The number of rotatable bonds is 6. The van der Waals surface area contributed by atoms with E-state index in [1.807, 2.05) is 42.2 Å². The van der Waals surface area contributed by atoms with Crippen LogP contribution in [0.15, 0.2) is 67.5 Å². The Balaban J connectivity index is 1.30. The Hall–Kier alpha value is -4.40. The van der Waals surface area contributed by atoms with Gasteiger partial charge in [0.05, 0.1) is 12.7 Å². The van der Waals surface area contributed by atoms with E-state index in [2.05, 4.69) is 24.9 Å². The predicted molar refractivity (Wildman–Crippen MR) is 128 cm³/mol. The van der Waals surface area contributed by atoms with E-state index >= 15 is 0 Å². The molecule has 0 N–H and O–H groups in total. The van der Waals surface area contributed by atoms with Crippen LogP contribution in [0.25, 0.3) is 11.1 Å². The first kappa shape index (κ1) is 22.4. The van der Waals surface area contributed by atoms with Gasteiger partial charge in [0.15, 0.2) is 0 Å². The van der Waals surface area contributed by atoms with Crippen molar-refractivity contribution in [2.45, 2.75) is 19.3 Å². The molecule has 0 bridgehead atoms. The lowest BCUT2D eigenvalue weighted by Gasteiger charge is -2.17. The third-order valence-electron chi connectivity index (χ3n) is 5.85. The molecule has 1 aliphatic heterocycles. The molecule has 1 aliphatic rings. The van der Waals surface area contributed by atoms with Crippen molar-refractivity contribution in [3.63, 3.8) is 0 Å². The monoisotopic (exact) mass is 468 g/mol. The number of hydrogen-bond donors (Lipinski definition) is 0. The van der Waals surface area contributed by atoms with Crippen LogP contribution in [0.2, 0.25) is 0 Å². The van der Waals surface area contributed by atoms with Crippen molar-refractivity contribution >= 4 is 5.91 Å². The van der Waals surface area contributed by atoms with Crippen molar-refractivity contribution in [3.05, 3.63) is 84.6 Å². The first-order valence-corrected chi connectivity index (χ1v) is 11.3. The van der Waals surface area contributed by atoms with E-state index in [0.29, 0.717) is 36.1 Å². The molecule has 4 heterocycles. The van der Waals surface area contributed by atoms with Crippen LogP contribution >= 0.6 is 0 Å². The quantitative estimate of drug-likeness (QED) is 0.417. The van der Waals surface area contributed by atoms with E-state index in [0.717, 1.165) is 29.0 Å². The lowest BCUT2D eigenvalue weighted by atomic mass is 10.1. The van der Waals surface area contributed by atoms with Gasteiger partial charge in [0.1, 0.15) is 23.7 Å². The van der Waals surface area contributed by atoms with Crippen LogP contribution in [0.3, 0.4) is 0 Å². The smallest absolute Gasteiger partial charge is 0.255 e. The van der Waals surface area contributed by atoms with E-state index in [1.54, 1.807) is 38.0 Å². The molecule has 1 aromatic carbocycles. The minimum atomic E-state index is -0.0685. The van der Waals surface area contributed by atoms with Gasteiger partial charge in [-0.1, -0.05) is 0 Å². The fraction of sp³-hybridized carbons (Fsp3) is 0.231. The molecule has 9 nitrogen and oxygen atoms in total. The van der Waals surface area contributed by atoms with Crippen LogP contribution in [0, 0.1) is 6.92 Å². The first-order valence-electron chi connectivity index (χ1n) is 11.3. The zero-order valence-electron chi connectivity index (χ0n) is 19.5. The number of carbonyl (C=O) groups excluding carboxylic acids is 1. The average molecular weight is 469 g/mol. The van der Waals surface area contributed by atoms with Crippen LogP contribution < -0.4 is 9.47 Å². The van der Waals surface area contributed by atoms with Crippen LogP contribution in [-0.2, 0) is 0 Å². The summed E-state index contributed by atoms with van der Waals surface area (Å²) in [5.41, 5.74) is 2.95. The maximum atomic E-state index is 13.2. The van der Waals surface area contributed by atoms with Crippen molar-refractivity contribution in [2.75, 3.05) is 20.2 Å². The number of pyridine rings is 1. The fourth-order valence-corrected chi connectivity index (χ4v) is 4.06. The summed E-state index contributed by atoms with van der Waals surface area (Å²) in [5.74, 6) is 2.53. The molecule has 0 aliphatic carbocycles. The van der Waals surface area contributed by atoms with E-state index in [4.69, 9.17) is 9.47 Å². The van der Waals surface area contributed by atoms with Gasteiger partial charge in [0.2, 0.25) is 5.88 Å². The topological polar surface area (TPSA) is 103 Å². The van der Waals surface area contributed by atoms with E-state index in [-0.39, 0.29) is 11.8 Å². The molecule has 1 atom stereocenters. The van der Waals surface area contributed by atoms with E-state index < -0.39 is 0 Å². The summed E-state index contributed by atoms with van der Waals surface area (Å²) in [6, 6.07) is 10.9. The van der Waals surface area contributed by atoms with Crippen molar-refractivity contribution in [3.8, 4) is 28.5 Å². The number of nitrogens with zero attached hydrogens (tertiary/aromatic N) is 6. The third-order valence-corrected chi connectivity index (χ3v) is 5.85. The molecule has 0 spiro atoms. The Labute approximate surface area is 202 Å². The Morgan fingerprint density at radius 1 is 0.943 bits per heavy atom. The number of aromatic nitrogens is 5. The SMILES string of the molecule is COc1ccc(Oc2cc(C)nc([C@@H]3CCN(C(=O)c4cncc(-c5cncnc5)c4)C3)n2)cc1. The first-order chi connectivity index (χ1) is 17.1. The molecule has 5 rings (SSSR count). The minimum Gasteiger partial charge on any atom is -0.497 e. The van der Waals surface area contributed by atoms with Crippen molar-refractivity contribution in [1.82, 2.24) is 29.8 Å². The third kappa shape index (κ3) is 5.08. The molecule has 0 radical (unpaired) electrons. The van der Waals surface area contributed by atoms with Crippen molar-refractivity contribution < 1.29 is 14.3 Å². The second kappa shape index (κ2) is 9.84. The summed E-state index contributed by atoms with van der Waals surface area (Å²) in [6.07, 6.45) is 8.93. The summed E-state index contributed by atoms with van der Waals surface area (Å²) in [5, 5.41) is 0. The lowest BCUT2D eigenvalue weighted by Crippen LogP contribution is -2.28. The predicted octanol–water partition coefficient (Wildman–Crippen LogP) is 4.07. The number of likely N-dealkylation sites (tertiary alicyclic amines) is 1. The van der Waals surface area contributed by atoms with Crippen LogP contribution in [0.5, 0.6) is 17.4 Å². The maximum absolute atomic E-state index is 13.2. The number of methoxy groups -OCH3 is 1. The number of ether oxygens (including phenoxy) is 2. The highest BCUT2D eigenvalue weighted by molar-refractivity contribution is 5.95. The standard InChI is InChI=1S/C26H24N6O3/c1-17-9-24(35-23-5-3-22(34-2)4-6-23)31-25(30-17)18-7-8-32(15-18)26(33)20-10-19(11-27-12-20)21-13-28-16-29-14-21/h3-6,9-14,16,18H,7-8,15H2,1-2H3/t18-/m1/s1. The zero-order valence-corrected chi connectivity index (χ0v) is 19.5. The second-order valence-corrected chi connectivity index (χ2v) is 8.31. The number of carbonyl (C=O) groups is 1. The number of hydrogen-bond acceptors (Lipinski definition) is 8. The highest BCUT2D eigenvalue weighted by Gasteiger charge is 2.30. The maximum Gasteiger partial charge on any atom is 0.255 e. The summed E-state index contributed by atoms with van der Waals surface area (Å²) in [4.78, 5) is 36.6.